The lowest BCUT2D eigenvalue weighted by molar-refractivity contribution is 0.475. The van der Waals surface area contributed by atoms with Crippen LogP contribution in [0.5, 0.6) is 5.75 Å². The van der Waals surface area contributed by atoms with Gasteiger partial charge >= 0.3 is 0 Å². The van der Waals surface area contributed by atoms with Gasteiger partial charge in [-0.15, -0.1) is 0 Å². The van der Waals surface area contributed by atoms with Crippen molar-refractivity contribution in [2.45, 2.75) is 11.8 Å². The van der Waals surface area contributed by atoms with Gasteiger partial charge in [-0.3, -0.25) is 4.31 Å². The van der Waals surface area contributed by atoms with Gasteiger partial charge in [0.25, 0.3) is 10.0 Å². The molecule has 112 valence electrons. The van der Waals surface area contributed by atoms with Crippen molar-refractivity contribution in [3.05, 3.63) is 50.9 Å². The summed E-state index contributed by atoms with van der Waals surface area (Å²) in [6, 6.07) is 9.41. The van der Waals surface area contributed by atoms with Crippen molar-refractivity contribution >= 4 is 47.6 Å². The van der Waals surface area contributed by atoms with Gasteiger partial charge in [-0.05, 0) is 52.7 Å². The molecule has 0 radical (unpaired) electrons. The number of rotatable bonds is 3. The predicted octanol–water partition coefficient (Wildman–Crippen LogP) is 4.05. The summed E-state index contributed by atoms with van der Waals surface area (Å²) in [4.78, 5) is 0.158. The zero-order chi connectivity index (χ0) is 15.8. The SMILES string of the molecule is Cc1cc(Br)c(S(=O)(=O)N(C)c2cccc(O)c2)cc1Br. The summed E-state index contributed by atoms with van der Waals surface area (Å²) in [5.41, 5.74) is 1.32. The second-order valence-corrected chi connectivity index (χ2v) is 8.17. The van der Waals surface area contributed by atoms with Crippen LogP contribution in [-0.2, 0) is 10.0 Å². The number of nitrogens with zero attached hydrogens (tertiary/aromatic N) is 1. The first-order valence-corrected chi connectivity index (χ1v) is 8.99. The molecule has 0 saturated carbocycles. The number of anilines is 1. The lowest BCUT2D eigenvalue weighted by Crippen LogP contribution is -2.26. The Labute approximate surface area is 140 Å². The Morgan fingerprint density at radius 2 is 1.76 bits per heavy atom. The van der Waals surface area contributed by atoms with Gasteiger partial charge in [-0.25, -0.2) is 8.42 Å². The summed E-state index contributed by atoms with van der Waals surface area (Å²) < 4.78 is 27.8. The number of phenols is 1. The van der Waals surface area contributed by atoms with E-state index in [0.29, 0.717) is 14.6 Å². The van der Waals surface area contributed by atoms with Gasteiger partial charge in [0.1, 0.15) is 10.6 Å². The van der Waals surface area contributed by atoms with Crippen LogP contribution in [0.2, 0.25) is 0 Å². The summed E-state index contributed by atoms with van der Waals surface area (Å²) in [6.45, 7) is 1.88. The molecule has 0 aromatic heterocycles. The van der Waals surface area contributed by atoms with E-state index in [1.807, 2.05) is 6.92 Å². The molecule has 0 spiro atoms. The molecule has 4 nitrogen and oxygen atoms in total. The quantitative estimate of drug-likeness (QED) is 0.792. The number of hydrogen-bond acceptors (Lipinski definition) is 3. The van der Waals surface area contributed by atoms with Crippen molar-refractivity contribution in [3.63, 3.8) is 0 Å². The Balaban J connectivity index is 2.54. The highest BCUT2D eigenvalue weighted by molar-refractivity contribution is 9.11. The van der Waals surface area contributed by atoms with Crippen molar-refractivity contribution < 1.29 is 13.5 Å². The highest BCUT2D eigenvalue weighted by atomic mass is 79.9. The largest absolute Gasteiger partial charge is 0.508 e. The molecule has 0 aliphatic rings. The number of aromatic hydroxyl groups is 1. The van der Waals surface area contributed by atoms with Gasteiger partial charge < -0.3 is 5.11 Å². The minimum absolute atomic E-state index is 0.0127. The smallest absolute Gasteiger partial charge is 0.265 e. The van der Waals surface area contributed by atoms with Crippen LogP contribution in [0.15, 0.2) is 50.2 Å². The topological polar surface area (TPSA) is 57.6 Å². The average Bonchev–Trinajstić information content (AvgIpc) is 2.41. The number of phenolic OH excluding ortho intramolecular Hbond substituents is 1. The van der Waals surface area contributed by atoms with Crippen LogP contribution in [0.1, 0.15) is 5.56 Å². The monoisotopic (exact) mass is 433 g/mol. The summed E-state index contributed by atoms with van der Waals surface area (Å²) in [7, 11) is -2.28. The van der Waals surface area contributed by atoms with Crippen LogP contribution >= 0.6 is 31.9 Å². The summed E-state index contributed by atoms with van der Waals surface area (Å²) in [5, 5.41) is 9.50. The molecule has 0 bridgehead atoms. The van der Waals surface area contributed by atoms with Gasteiger partial charge in [0.2, 0.25) is 0 Å². The molecule has 0 unspecified atom stereocenters. The number of aryl methyl sites for hydroxylation is 1. The zero-order valence-corrected chi connectivity index (χ0v) is 15.3. The van der Waals surface area contributed by atoms with E-state index in [1.165, 1.54) is 19.2 Å². The molecular weight excluding hydrogens is 422 g/mol. The number of benzene rings is 2. The third kappa shape index (κ3) is 3.25. The van der Waals surface area contributed by atoms with E-state index in [-0.39, 0.29) is 10.6 Å². The zero-order valence-electron chi connectivity index (χ0n) is 11.3. The van der Waals surface area contributed by atoms with Crippen molar-refractivity contribution in [1.82, 2.24) is 0 Å². The number of hydrogen-bond donors (Lipinski definition) is 1. The van der Waals surface area contributed by atoms with Crippen molar-refractivity contribution in [3.8, 4) is 5.75 Å². The summed E-state index contributed by atoms with van der Waals surface area (Å²) >= 11 is 6.64. The second-order valence-electron chi connectivity index (χ2n) is 4.52. The summed E-state index contributed by atoms with van der Waals surface area (Å²) in [6.07, 6.45) is 0. The van der Waals surface area contributed by atoms with Crippen molar-refractivity contribution in [2.75, 3.05) is 11.4 Å². The molecule has 0 aliphatic carbocycles. The van der Waals surface area contributed by atoms with E-state index in [4.69, 9.17) is 0 Å². The first kappa shape index (κ1) is 16.3. The Morgan fingerprint density at radius 3 is 2.38 bits per heavy atom. The van der Waals surface area contributed by atoms with Gasteiger partial charge in [-0.2, -0.15) is 0 Å². The molecule has 0 fully saturated rings. The van der Waals surface area contributed by atoms with Crippen LogP contribution in [0, 0.1) is 6.92 Å². The van der Waals surface area contributed by atoms with Crippen LogP contribution in [0.25, 0.3) is 0 Å². The van der Waals surface area contributed by atoms with Gasteiger partial charge in [0, 0.05) is 22.1 Å². The van der Waals surface area contributed by atoms with E-state index >= 15 is 0 Å². The highest BCUT2D eigenvalue weighted by Gasteiger charge is 2.25. The van der Waals surface area contributed by atoms with E-state index in [9.17, 15) is 13.5 Å². The minimum Gasteiger partial charge on any atom is -0.508 e. The molecule has 0 aliphatic heterocycles. The van der Waals surface area contributed by atoms with E-state index < -0.39 is 10.0 Å². The van der Waals surface area contributed by atoms with Gasteiger partial charge in [0.15, 0.2) is 0 Å². The fraction of sp³-hybridized carbons (Fsp3) is 0.143. The predicted molar refractivity (Wildman–Crippen MR) is 90.3 cm³/mol. The van der Waals surface area contributed by atoms with E-state index in [0.717, 1.165) is 9.87 Å². The lowest BCUT2D eigenvalue weighted by Gasteiger charge is -2.21. The van der Waals surface area contributed by atoms with Crippen LogP contribution in [0.3, 0.4) is 0 Å². The molecule has 0 atom stereocenters. The molecule has 2 aromatic rings. The molecule has 0 saturated heterocycles. The Hall–Kier alpha value is -1.05. The fourth-order valence-electron chi connectivity index (χ4n) is 1.80. The number of halogens is 2. The van der Waals surface area contributed by atoms with Crippen LogP contribution in [0.4, 0.5) is 5.69 Å². The number of sulfonamides is 1. The molecule has 2 aromatic carbocycles. The molecule has 21 heavy (non-hydrogen) atoms. The van der Waals surface area contributed by atoms with Crippen LogP contribution in [-0.4, -0.2) is 20.6 Å². The lowest BCUT2D eigenvalue weighted by atomic mass is 10.2. The van der Waals surface area contributed by atoms with Crippen LogP contribution < -0.4 is 4.31 Å². The van der Waals surface area contributed by atoms with Gasteiger partial charge in [0.05, 0.1) is 5.69 Å². The second kappa shape index (κ2) is 5.98. The van der Waals surface area contributed by atoms with E-state index in [1.54, 1.807) is 24.3 Å². The molecular formula is C14H13Br2NO3S. The van der Waals surface area contributed by atoms with Crippen molar-refractivity contribution in [2.24, 2.45) is 0 Å². The fourth-order valence-corrected chi connectivity index (χ4v) is 4.63. The van der Waals surface area contributed by atoms with E-state index in [2.05, 4.69) is 31.9 Å². The Kier molecular flexibility index (Phi) is 4.65. The summed E-state index contributed by atoms with van der Waals surface area (Å²) in [5.74, 6) is 0.0127. The third-order valence-electron chi connectivity index (χ3n) is 3.04. The highest BCUT2D eigenvalue weighted by Crippen LogP contribution is 2.32. The Bertz CT molecular complexity index is 791. The first-order chi connectivity index (χ1) is 9.73. The molecule has 7 heteroatoms. The van der Waals surface area contributed by atoms with Gasteiger partial charge in [-0.1, -0.05) is 22.0 Å². The third-order valence-corrected chi connectivity index (χ3v) is 6.64. The first-order valence-electron chi connectivity index (χ1n) is 5.97. The average molecular weight is 435 g/mol. The standard InChI is InChI=1S/C14H13Br2NO3S/c1-9-6-13(16)14(8-12(9)15)21(19,20)17(2)10-4-3-5-11(18)7-10/h3-8,18H,1-2H3. The maximum absolute atomic E-state index is 12.7. The maximum atomic E-state index is 12.7. The maximum Gasteiger partial charge on any atom is 0.265 e. The molecule has 1 N–H and O–H groups in total. The molecule has 0 heterocycles. The molecule has 2 rings (SSSR count). The normalized spacial score (nSPS) is 11.4. The minimum atomic E-state index is -3.73. The van der Waals surface area contributed by atoms with Crippen molar-refractivity contribution in [1.29, 1.82) is 0 Å². The molecule has 0 amide bonds. The Morgan fingerprint density at radius 1 is 1.10 bits per heavy atom.